The van der Waals surface area contributed by atoms with Gasteiger partial charge in [0.1, 0.15) is 18.5 Å². The summed E-state index contributed by atoms with van der Waals surface area (Å²) in [5, 5.41) is 19.3. The van der Waals surface area contributed by atoms with Crippen LogP contribution in [0.5, 0.6) is 5.75 Å². The summed E-state index contributed by atoms with van der Waals surface area (Å²) in [4.78, 5) is 0. The molecule has 0 heterocycles. The van der Waals surface area contributed by atoms with Gasteiger partial charge in [-0.2, -0.15) is 0 Å². The summed E-state index contributed by atoms with van der Waals surface area (Å²) in [6.07, 6.45) is -1.29. The third-order valence-corrected chi connectivity index (χ3v) is 2.86. The SMILES string of the molecule is CCOCC(O)COc1ccc(Br)cc1[C@@H](C)O. The number of ether oxygens (including phenoxy) is 2. The second-order valence-electron chi connectivity index (χ2n) is 3.98. The van der Waals surface area contributed by atoms with Crippen molar-refractivity contribution in [1.29, 1.82) is 0 Å². The zero-order valence-corrected chi connectivity index (χ0v) is 12.2. The number of rotatable bonds is 7. The largest absolute Gasteiger partial charge is 0.490 e. The van der Waals surface area contributed by atoms with Gasteiger partial charge in [-0.05, 0) is 32.0 Å². The summed E-state index contributed by atoms with van der Waals surface area (Å²) in [5.41, 5.74) is 0.688. The molecule has 1 aromatic carbocycles. The fourth-order valence-corrected chi connectivity index (χ4v) is 1.84. The average molecular weight is 319 g/mol. The highest BCUT2D eigenvalue weighted by Gasteiger charge is 2.12. The molecule has 0 saturated carbocycles. The van der Waals surface area contributed by atoms with E-state index in [-0.39, 0.29) is 13.2 Å². The predicted molar refractivity (Wildman–Crippen MR) is 72.8 cm³/mol. The van der Waals surface area contributed by atoms with Crippen LogP contribution in [0.3, 0.4) is 0 Å². The van der Waals surface area contributed by atoms with Gasteiger partial charge in [-0.25, -0.2) is 0 Å². The fourth-order valence-electron chi connectivity index (χ4n) is 1.47. The van der Waals surface area contributed by atoms with Crippen molar-refractivity contribution in [2.45, 2.75) is 26.1 Å². The first-order valence-corrected chi connectivity index (χ1v) is 6.70. The maximum absolute atomic E-state index is 9.65. The maximum Gasteiger partial charge on any atom is 0.125 e. The summed E-state index contributed by atoms with van der Waals surface area (Å²) < 4.78 is 11.5. The highest BCUT2D eigenvalue weighted by molar-refractivity contribution is 9.10. The van der Waals surface area contributed by atoms with E-state index in [0.29, 0.717) is 17.9 Å². The molecular weight excluding hydrogens is 300 g/mol. The van der Waals surface area contributed by atoms with Crippen LogP contribution in [0, 0.1) is 0 Å². The van der Waals surface area contributed by atoms with Crippen molar-refractivity contribution in [3.8, 4) is 5.75 Å². The highest BCUT2D eigenvalue weighted by Crippen LogP contribution is 2.28. The monoisotopic (exact) mass is 318 g/mol. The first-order valence-electron chi connectivity index (χ1n) is 5.90. The molecule has 0 aromatic heterocycles. The van der Waals surface area contributed by atoms with E-state index in [1.54, 1.807) is 19.1 Å². The molecular formula is C13H19BrO4. The third-order valence-electron chi connectivity index (χ3n) is 2.37. The van der Waals surface area contributed by atoms with Crippen LogP contribution in [0.25, 0.3) is 0 Å². The molecule has 0 saturated heterocycles. The van der Waals surface area contributed by atoms with E-state index in [4.69, 9.17) is 9.47 Å². The lowest BCUT2D eigenvalue weighted by atomic mass is 10.1. The number of halogens is 1. The van der Waals surface area contributed by atoms with Crippen LogP contribution in [0.1, 0.15) is 25.5 Å². The van der Waals surface area contributed by atoms with Crippen molar-refractivity contribution in [3.05, 3.63) is 28.2 Å². The Bertz CT molecular complexity index is 368. The van der Waals surface area contributed by atoms with Gasteiger partial charge < -0.3 is 19.7 Å². The van der Waals surface area contributed by atoms with Crippen molar-refractivity contribution >= 4 is 15.9 Å². The summed E-state index contributed by atoms with van der Waals surface area (Å²) in [5.74, 6) is 0.573. The van der Waals surface area contributed by atoms with E-state index in [1.165, 1.54) is 0 Å². The molecule has 102 valence electrons. The topological polar surface area (TPSA) is 58.9 Å². The van der Waals surface area contributed by atoms with Crippen molar-refractivity contribution in [1.82, 2.24) is 0 Å². The number of hydrogen-bond donors (Lipinski definition) is 2. The Kier molecular flexibility index (Phi) is 6.63. The van der Waals surface area contributed by atoms with E-state index < -0.39 is 12.2 Å². The van der Waals surface area contributed by atoms with Gasteiger partial charge in [0.15, 0.2) is 0 Å². The highest BCUT2D eigenvalue weighted by atomic mass is 79.9. The van der Waals surface area contributed by atoms with Gasteiger partial charge in [0, 0.05) is 16.6 Å². The first-order chi connectivity index (χ1) is 8.54. The smallest absolute Gasteiger partial charge is 0.125 e. The molecule has 0 bridgehead atoms. The summed E-state index contributed by atoms with van der Waals surface area (Å²) in [6, 6.07) is 5.39. The molecule has 0 amide bonds. The van der Waals surface area contributed by atoms with E-state index in [1.807, 2.05) is 13.0 Å². The minimum atomic E-state index is -0.671. The molecule has 0 aliphatic heterocycles. The van der Waals surface area contributed by atoms with Crippen LogP contribution >= 0.6 is 15.9 Å². The van der Waals surface area contributed by atoms with Crippen LogP contribution in [0.4, 0.5) is 0 Å². The molecule has 0 radical (unpaired) electrons. The van der Waals surface area contributed by atoms with Crippen molar-refractivity contribution < 1.29 is 19.7 Å². The predicted octanol–water partition coefficient (Wildman–Crippen LogP) is 2.28. The molecule has 0 spiro atoms. The molecule has 1 rings (SSSR count). The second kappa shape index (κ2) is 7.74. The molecule has 0 fully saturated rings. The Morgan fingerprint density at radius 3 is 2.61 bits per heavy atom. The van der Waals surface area contributed by atoms with Gasteiger partial charge in [-0.1, -0.05) is 15.9 Å². The Morgan fingerprint density at radius 2 is 2.00 bits per heavy atom. The lowest BCUT2D eigenvalue weighted by Gasteiger charge is -2.16. The van der Waals surface area contributed by atoms with Gasteiger partial charge in [-0.3, -0.25) is 0 Å². The zero-order chi connectivity index (χ0) is 13.5. The Labute approximate surface area is 116 Å². The van der Waals surface area contributed by atoms with Crippen LogP contribution in [0.15, 0.2) is 22.7 Å². The van der Waals surface area contributed by atoms with Gasteiger partial charge in [0.2, 0.25) is 0 Å². The lowest BCUT2D eigenvalue weighted by Crippen LogP contribution is -2.23. The number of benzene rings is 1. The van der Waals surface area contributed by atoms with Crippen LogP contribution in [-0.4, -0.2) is 36.1 Å². The molecule has 2 N–H and O–H groups in total. The Hall–Kier alpha value is -0.620. The van der Waals surface area contributed by atoms with Gasteiger partial charge >= 0.3 is 0 Å². The van der Waals surface area contributed by atoms with Crippen molar-refractivity contribution in [3.63, 3.8) is 0 Å². The standard InChI is InChI=1S/C13H19BrO4/c1-3-17-7-11(16)8-18-13-5-4-10(14)6-12(13)9(2)15/h4-6,9,11,15-16H,3,7-8H2,1-2H3/t9-,11?/m1/s1. The quantitative estimate of drug-likeness (QED) is 0.809. The molecule has 0 aliphatic rings. The Balaban J connectivity index is 2.61. The lowest BCUT2D eigenvalue weighted by molar-refractivity contribution is 0.0158. The average Bonchev–Trinajstić information content (AvgIpc) is 2.34. The van der Waals surface area contributed by atoms with Crippen LogP contribution in [-0.2, 0) is 4.74 Å². The van der Waals surface area contributed by atoms with E-state index in [9.17, 15) is 10.2 Å². The van der Waals surface area contributed by atoms with E-state index in [0.717, 1.165) is 4.47 Å². The maximum atomic E-state index is 9.65. The van der Waals surface area contributed by atoms with Crippen LogP contribution in [0.2, 0.25) is 0 Å². The summed E-state index contributed by atoms with van der Waals surface area (Å²) in [7, 11) is 0. The third kappa shape index (κ3) is 4.94. The zero-order valence-electron chi connectivity index (χ0n) is 10.6. The van der Waals surface area contributed by atoms with E-state index >= 15 is 0 Å². The fraction of sp³-hybridized carbons (Fsp3) is 0.538. The molecule has 5 heteroatoms. The first kappa shape index (κ1) is 15.4. The number of aliphatic hydroxyl groups excluding tert-OH is 2. The molecule has 4 nitrogen and oxygen atoms in total. The summed E-state index contributed by atoms with van der Waals surface area (Å²) >= 11 is 3.34. The number of hydrogen-bond acceptors (Lipinski definition) is 4. The molecule has 0 aliphatic carbocycles. The minimum absolute atomic E-state index is 0.140. The van der Waals surface area contributed by atoms with Gasteiger partial charge in [-0.15, -0.1) is 0 Å². The van der Waals surface area contributed by atoms with Crippen molar-refractivity contribution in [2.75, 3.05) is 19.8 Å². The Morgan fingerprint density at radius 1 is 1.28 bits per heavy atom. The molecule has 18 heavy (non-hydrogen) atoms. The molecule has 1 unspecified atom stereocenters. The van der Waals surface area contributed by atoms with Gasteiger partial charge in [0.25, 0.3) is 0 Å². The van der Waals surface area contributed by atoms with E-state index in [2.05, 4.69) is 15.9 Å². The number of aliphatic hydroxyl groups is 2. The minimum Gasteiger partial charge on any atom is -0.490 e. The molecule has 1 aromatic rings. The van der Waals surface area contributed by atoms with Gasteiger partial charge in [0.05, 0.1) is 12.7 Å². The normalized spacial score (nSPS) is 14.3. The summed E-state index contributed by atoms with van der Waals surface area (Å²) in [6.45, 7) is 4.49. The molecule has 2 atom stereocenters. The van der Waals surface area contributed by atoms with Crippen LogP contribution < -0.4 is 4.74 Å². The second-order valence-corrected chi connectivity index (χ2v) is 4.90. The van der Waals surface area contributed by atoms with Crippen molar-refractivity contribution in [2.24, 2.45) is 0 Å².